The van der Waals surface area contributed by atoms with Gasteiger partial charge < -0.3 is 15.8 Å². The fraction of sp³-hybridized carbons (Fsp3) is 0.429. The standard InChI is InChI=1S/C14H21N3O2/c1-11(14(15)16-19)10-17(2)13(18)9-8-12-6-4-3-5-7-12/h3-7,11,19H,8-10H2,1-2H3,(H2,15,16). The van der Waals surface area contributed by atoms with Gasteiger partial charge in [-0.3, -0.25) is 4.79 Å². The minimum Gasteiger partial charge on any atom is -0.409 e. The second-order valence-electron chi connectivity index (χ2n) is 4.69. The number of nitrogens with two attached hydrogens (primary N) is 1. The summed E-state index contributed by atoms with van der Waals surface area (Å²) in [4.78, 5) is 13.6. The maximum atomic E-state index is 11.9. The van der Waals surface area contributed by atoms with E-state index in [4.69, 9.17) is 10.9 Å². The number of carbonyl (C=O) groups is 1. The van der Waals surface area contributed by atoms with Crippen molar-refractivity contribution in [3.05, 3.63) is 35.9 Å². The first-order valence-corrected chi connectivity index (χ1v) is 6.30. The van der Waals surface area contributed by atoms with Gasteiger partial charge in [-0.15, -0.1) is 0 Å². The lowest BCUT2D eigenvalue weighted by atomic mass is 10.1. The predicted octanol–water partition coefficient (Wildman–Crippen LogP) is 1.46. The number of aryl methyl sites for hydroxylation is 1. The van der Waals surface area contributed by atoms with Crippen LogP contribution in [0.4, 0.5) is 0 Å². The summed E-state index contributed by atoms with van der Waals surface area (Å²) in [5.41, 5.74) is 6.64. The van der Waals surface area contributed by atoms with Crippen molar-refractivity contribution in [1.29, 1.82) is 0 Å². The second-order valence-corrected chi connectivity index (χ2v) is 4.69. The van der Waals surface area contributed by atoms with Gasteiger partial charge in [0.05, 0.1) is 0 Å². The topological polar surface area (TPSA) is 78.9 Å². The quantitative estimate of drug-likeness (QED) is 0.353. The summed E-state index contributed by atoms with van der Waals surface area (Å²) in [6.45, 7) is 2.26. The van der Waals surface area contributed by atoms with E-state index in [0.717, 1.165) is 12.0 Å². The fourth-order valence-electron chi connectivity index (χ4n) is 1.79. The average molecular weight is 263 g/mol. The monoisotopic (exact) mass is 263 g/mol. The van der Waals surface area contributed by atoms with Gasteiger partial charge >= 0.3 is 0 Å². The lowest BCUT2D eigenvalue weighted by Crippen LogP contribution is -2.36. The largest absolute Gasteiger partial charge is 0.409 e. The molecule has 19 heavy (non-hydrogen) atoms. The van der Waals surface area contributed by atoms with Crippen molar-refractivity contribution in [2.45, 2.75) is 19.8 Å². The summed E-state index contributed by atoms with van der Waals surface area (Å²) in [5, 5.41) is 11.5. The Labute approximate surface area is 113 Å². The zero-order valence-electron chi connectivity index (χ0n) is 11.4. The van der Waals surface area contributed by atoms with E-state index in [1.54, 1.807) is 11.9 Å². The molecular formula is C14H21N3O2. The van der Waals surface area contributed by atoms with Crippen LogP contribution < -0.4 is 5.73 Å². The van der Waals surface area contributed by atoms with Gasteiger partial charge in [0, 0.05) is 25.9 Å². The van der Waals surface area contributed by atoms with Gasteiger partial charge in [0.25, 0.3) is 0 Å². The minimum absolute atomic E-state index is 0.0569. The summed E-state index contributed by atoms with van der Waals surface area (Å²) in [6, 6.07) is 9.89. The van der Waals surface area contributed by atoms with Gasteiger partial charge in [-0.1, -0.05) is 42.4 Å². The number of amides is 1. The summed E-state index contributed by atoms with van der Waals surface area (Å²) in [6.07, 6.45) is 1.19. The van der Waals surface area contributed by atoms with Crippen LogP contribution in [0.2, 0.25) is 0 Å². The Bertz CT molecular complexity index is 432. The average Bonchev–Trinajstić information content (AvgIpc) is 2.44. The molecule has 0 aromatic heterocycles. The molecule has 104 valence electrons. The molecule has 0 heterocycles. The molecule has 0 spiro atoms. The minimum atomic E-state index is -0.157. The van der Waals surface area contributed by atoms with Crippen molar-refractivity contribution in [2.24, 2.45) is 16.8 Å². The summed E-state index contributed by atoms with van der Waals surface area (Å²) >= 11 is 0. The Kier molecular flexibility index (Phi) is 5.85. The van der Waals surface area contributed by atoms with Crippen molar-refractivity contribution in [2.75, 3.05) is 13.6 Å². The van der Waals surface area contributed by atoms with Crippen molar-refractivity contribution < 1.29 is 10.0 Å². The van der Waals surface area contributed by atoms with E-state index in [9.17, 15) is 4.79 Å². The van der Waals surface area contributed by atoms with Crippen LogP contribution in [0.15, 0.2) is 35.5 Å². The molecule has 5 nitrogen and oxygen atoms in total. The number of carbonyl (C=O) groups excluding carboxylic acids is 1. The number of rotatable bonds is 6. The van der Waals surface area contributed by atoms with Crippen LogP contribution in [0, 0.1) is 5.92 Å². The second kappa shape index (κ2) is 7.41. The lowest BCUT2D eigenvalue weighted by molar-refractivity contribution is -0.130. The molecule has 0 bridgehead atoms. The molecule has 0 saturated heterocycles. The van der Waals surface area contributed by atoms with E-state index in [-0.39, 0.29) is 17.7 Å². The number of hydrogen-bond donors (Lipinski definition) is 2. The summed E-state index contributed by atoms with van der Waals surface area (Å²) < 4.78 is 0. The van der Waals surface area contributed by atoms with E-state index < -0.39 is 0 Å². The molecule has 0 radical (unpaired) electrons. The van der Waals surface area contributed by atoms with Gasteiger partial charge in [-0.25, -0.2) is 0 Å². The molecule has 0 saturated carbocycles. The predicted molar refractivity (Wildman–Crippen MR) is 75.0 cm³/mol. The Hall–Kier alpha value is -2.04. The van der Waals surface area contributed by atoms with Crippen LogP contribution in [0.5, 0.6) is 0 Å². The van der Waals surface area contributed by atoms with E-state index in [0.29, 0.717) is 13.0 Å². The van der Waals surface area contributed by atoms with Crippen LogP contribution in [-0.4, -0.2) is 35.4 Å². The van der Waals surface area contributed by atoms with Gasteiger partial charge in [0.15, 0.2) is 0 Å². The normalized spacial score (nSPS) is 13.1. The van der Waals surface area contributed by atoms with Gasteiger partial charge in [0.1, 0.15) is 5.84 Å². The number of hydrogen-bond acceptors (Lipinski definition) is 3. The molecule has 0 fully saturated rings. The van der Waals surface area contributed by atoms with Crippen molar-refractivity contribution in [1.82, 2.24) is 4.90 Å². The van der Waals surface area contributed by atoms with Gasteiger partial charge in [0.2, 0.25) is 5.91 Å². The Balaban J connectivity index is 2.41. The highest BCUT2D eigenvalue weighted by Crippen LogP contribution is 2.06. The van der Waals surface area contributed by atoms with E-state index >= 15 is 0 Å². The van der Waals surface area contributed by atoms with Crippen molar-refractivity contribution in [3.63, 3.8) is 0 Å². The molecule has 5 heteroatoms. The Morgan fingerprint density at radius 3 is 2.63 bits per heavy atom. The highest BCUT2D eigenvalue weighted by Gasteiger charge is 2.15. The third-order valence-electron chi connectivity index (χ3n) is 3.06. The SMILES string of the molecule is CC(CN(C)C(=O)CCc1ccccc1)C(N)=NO. The Morgan fingerprint density at radius 1 is 1.42 bits per heavy atom. The number of nitrogens with zero attached hydrogens (tertiary/aromatic N) is 2. The van der Waals surface area contributed by atoms with Gasteiger partial charge in [-0.05, 0) is 12.0 Å². The smallest absolute Gasteiger partial charge is 0.222 e. The van der Waals surface area contributed by atoms with Crippen LogP contribution in [0.25, 0.3) is 0 Å². The zero-order valence-corrected chi connectivity index (χ0v) is 11.4. The summed E-state index contributed by atoms with van der Waals surface area (Å²) in [5.74, 6) is 0.0415. The highest BCUT2D eigenvalue weighted by molar-refractivity contribution is 5.83. The molecule has 1 atom stereocenters. The van der Waals surface area contributed by atoms with Crippen LogP contribution in [-0.2, 0) is 11.2 Å². The van der Waals surface area contributed by atoms with Crippen LogP contribution >= 0.6 is 0 Å². The third kappa shape index (κ3) is 4.99. The molecule has 1 aromatic rings. The molecule has 1 unspecified atom stereocenters. The maximum absolute atomic E-state index is 11.9. The van der Waals surface area contributed by atoms with Crippen molar-refractivity contribution in [3.8, 4) is 0 Å². The molecule has 1 amide bonds. The first-order chi connectivity index (χ1) is 9.04. The van der Waals surface area contributed by atoms with E-state index in [1.165, 1.54) is 0 Å². The molecule has 0 aliphatic heterocycles. The Morgan fingerprint density at radius 2 is 2.05 bits per heavy atom. The molecule has 1 aromatic carbocycles. The van der Waals surface area contributed by atoms with Gasteiger partial charge in [-0.2, -0.15) is 0 Å². The molecule has 3 N–H and O–H groups in total. The first-order valence-electron chi connectivity index (χ1n) is 6.30. The first kappa shape index (κ1) is 15.0. The number of benzene rings is 1. The number of oxime groups is 1. The molecule has 0 aliphatic carbocycles. The van der Waals surface area contributed by atoms with Crippen molar-refractivity contribution >= 4 is 11.7 Å². The molecule has 0 aliphatic rings. The highest BCUT2D eigenvalue weighted by atomic mass is 16.4. The lowest BCUT2D eigenvalue weighted by Gasteiger charge is -2.20. The van der Waals surface area contributed by atoms with E-state index in [1.807, 2.05) is 37.3 Å². The maximum Gasteiger partial charge on any atom is 0.222 e. The third-order valence-corrected chi connectivity index (χ3v) is 3.06. The zero-order chi connectivity index (χ0) is 14.3. The van der Waals surface area contributed by atoms with Crippen LogP contribution in [0.1, 0.15) is 18.9 Å². The van der Waals surface area contributed by atoms with Crippen LogP contribution in [0.3, 0.4) is 0 Å². The molecule has 1 rings (SSSR count). The van der Waals surface area contributed by atoms with E-state index in [2.05, 4.69) is 5.16 Å². The fourth-order valence-corrected chi connectivity index (χ4v) is 1.79. The summed E-state index contributed by atoms with van der Waals surface area (Å²) in [7, 11) is 1.73. The number of amidine groups is 1. The molecular weight excluding hydrogens is 242 g/mol.